The molecule has 132 valence electrons. The molecule has 2 aliphatic rings. The van der Waals surface area contributed by atoms with E-state index in [0.29, 0.717) is 11.4 Å². The second-order valence-electron chi connectivity index (χ2n) is 6.31. The highest BCUT2D eigenvalue weighted by molar-refractivity contribution is 7.82. The number of hydrogen-bond donors (Lipinski definition) is 0. The van der Waals surface area contributed by atoms with E-state index in [4.69, 9.17) is 4.18 Å². The van der Waals surface area contributed by atoms with E-state index in [1.807, 2.05) is 30.3 Å². The Morgan fingerprint density at radius 3 is 2.60 bits per heavy atom. The van der Waals surface area contributed by atoms with Gasteiger partial charge in [0.05, 0.1) is 11.4 Å². The Bertz CT molecular complexity index is 809. The minimum Gasteiger partial charge on any atom is -0.383 e. The van der Waals surface area contributed by atoms with E-state index >= 15 is 0 Å². The minimum atomic E-state index is -1.43. The van der Waals surface area contributed by atoms with Crippen molar-refractivity contribution in [3.05, 3.63) is 53.8 Å². The van der Waals surface area contributed by atoms with Gasteiger partial charge in [0.25, 0.3) is 0 Å². The highest BCUT2D eigenvalue weighted by Crippen LogP contribution is 2.36. The number of halogens is 1. The minimum absolute atomic E-state index is 0.163. The predicted octanol–water partition coefficient (Wildman–Crippen LogP) is 2.56. The van der Waals surface area contributed by atoms with Gasteiger partial charge < -0.3 is 9.08 Å². The van der Waals surface area contributed by atoms with Crippen molar-refractivity contribution in [2.75, 3.05) is 42.4 Å². The van der Waals surface area contributed by atoms with Crippen LogP contribution in [0.4, 0.5) is 15.8 Å². The average molecular weight is 361 g/mol. The van der Waals surface area contributed by atoms with Crippen LogP contribution in [0.2, 0.25) is 0 Å². The molecule has 0 aromatic heterocycles. The van der Waals surface area contributed by atoms with E-state index in [2.05, 4.69) is 9.80 Å². The maximum absolute atomic E-state index is 13.9. The smallest absolute Gasteiger partial charge is 0.318 e. The highest BCUT2D eigenvalue weighted by atomic mass is 32.2. The van der Waals surface area contributed by atoms with E-state index in [9.17, 15) is 8.60 Å². The summed E-state index contributed by atoms with van der Waals surface area (Å²) in [5.41, 5.74) is 2.66. The number of para-hydroxylation sites is 1. The van der Waals surface area contributed by atoms with E-state index in [-0.39, 0.29) is 5.82 Å². The summed E-state index contributed by atoms with van der Waals surface area (Å²) in [6.45, 7) is 4.15. The zero-order chi connectivity index (χ0) is 17.4. The molecule has 0 aliphatic carbocycles. The third kappa shape index (κ3) is 3.21. The zero-order valence-electron chi connectivity index (χ0n) is 14.0. The zero-order valence-corrected chi connectivity index (χ0v) is 14.8. The van der Waals surface area contributed by atoms with E-state index in [1.165, 1.54) is 6.07 Å². The molecule has 25 heavy (non-hydrogen) atoms. The average Bonchev–Trinajstić information content (AvgIpc) is 2.90. The molecule has 1 unspecified atom stereocenters. The largest absolute Gasteiger partial charge is 0.383 e. The fraction of sp³-hybridized carbons (Fsp3) is 0.333. The third-order valence-electron chi connectivity index (χ3n) is 4.72. The van der Waals surface area contributed by atoms with Crippen LogP contribution in [0.15, 0.2) is 42.5 Å². The Morgan fingerprint density at radius 2 is 1.84 bits per heavy atom. The van der Waals surface area contributed by atoms with E-state index in [0.717, 1.165) is 44.0 Å². The fourth-order valence-corrected chi connectivity index (χ4v) is 4.02. The summed E-state index contributed by atoms with van der Waals surface area (Å²) in [4.78, 5) is 4.43. The monoisotopic (exact) mass is 361 g/mol. The fourth-order valence-electron chi connectivity index (χ4n) is 3.31. The van der Waals surface area contributed by atoms with Crippen LogP contribution in [0.1, 0.15) is 5.56 Å². The number of hydrogen-bond acceptors (Lipinski definition) is 4. The third-order valence-corrected chi connectivity index (χ3v) is 5.69. The quantitative estimate of drug-likeness (QED) is 0.842. The number of benzene rings is 2. The molecule has 1 atom stereocenters. The topological polar surface area (TPSA) is 36.0 Å². The molecule has 0 bridgehead atoms. The molecule has 1 fully saturated rings. The second-order valence-corrected chi connectivity index (χ2v) is 7.46. The standard InChI is InChI=1S/C18H20FN3O2S/c1-20-17-7-6-14(12-18(17)24-25(20)23)13-21-8-10-22(11-9-21)16-5-3-2-4-15(16)19/h2-7,12H,8-11,13H2,1H3. The lowest BCUT2D eigenvalue weighted by Crippen LogP contribution is -2.46. The van der Waals surface area contributed by atoms with Crippen molar-refractivity contribution in [3.63, 3.8) is 0 Å². The van der Waals surface area contributed by atoms with Crippen molar-refractivity contribution in [1.82, 2.24) is 4.90 Å². The Labute approximate surface area is 149 Å². The molecule has 1 saturated heterocycles. The highest BCUT2D eigenvalue weighted by Gasteiger charge is 2.26. The number of rotatable bonds is 3. The molecule has 0 saturated carbocycles. The molecule has 4 rings (SSSR count). The molecule has 0 amide bonds. The van der Waals surface area contributed by atoms with Crippen LogP contribution < -0.4 is 13.4 Å². The van der Waals surface area contributed by atoms with Gasteiger partial charge in [-0.1, -0.05) is 18.2 Å². The molecular weight excluding hydrogens is 341 g/mol. The molecule has 7 heteroatoms. The van der Waals surface area contributed by atoms with E-state index < -0.39 is 11.3 Å². The number of nitrogens with zero attached hydrogens (tertiary/aromatic N) is 3. The van der Waals surface area contributed by atoms with Gasteiger partial charge in [-0.25, -0.2) is 4.39 Å². The van der Waals surface area contributed by atoms with Crippen molar-refractivity contribution in [1.29, 1.82) is 0 Å². The van der Waals surface area contributed by atoms with Gasteiger partial charge in [0.2, 0.25) is 0 Å². The van der Waals surface area contributed by atoms with Crippen LogP contribution in [0.5, 0.6) is 5.75 Å². The Kier molecular flexibility index (Phi) is 4.35. The summed E-state index contributed by atoms with van der Waals surface area (Å²) < 4.78 is 32.6. The van der Waals surface area contributed by atoms with Crippen LogP contribution in [0, 0.1) is 5.82 Å². The molecule has 0 N–H and O–H groups in total. The predicted molar refractivity (Wildman–Crippen MR) is 97.5 cm³/mol. The van der Waals surface area contributed by atoms with Crippen molar-refractivity contribution in [3.8, 4) is 5.75 Å². The van der Waals surface area contributed by atoms with Gasteiger partial charge in [-0.3, -0.25) is 9.21 Å². The first-order chi connectivity index (χ1) is 12.1. The molecular formula is C18H20FN3O2S. The van der Waals surface area contributed by atoms with Crippen molar-refractivity contribution in [2.45, 2.75) is 6.54 Å². The van der Waals surface area contributed by atoms with Crippen LogP contribution in [0.3, 0.4) is 0 Å². The van der Waals surface area contributed by atoms with Gasteiger partial charge in [0.1, 0.15) is 5.82 Å². The number of fused-ring (bicyclic) bond motifs is 1. The van der Waals surface area contributed by atoms with Crippen LogP contribution in [0.25, 0.3) is 0 Å². The molecule has 2 heterocycles. The SMILES string of the molecule is CN1c2ccc(CN3CCN(c4ccccc4F)CC3)cc2OS1=O. The van der Waals surface area contributed by atoms with Crippen molar-refractivity contribution in [2.24, 2.45) is 0 Å². The van der Waals surface area contributed by atoms with Gasteiger partial charge in [-0.15, -0.1) is 0 Å². The molecule has 0 spiro atoms. The van der Waals surface area contributed by atoms with Crippen molar-refractivity contribution >= 4 is 22.6 Å². The van der Waals surface area contributed by atoms with Crippen LogP contribution in [-0.2, 0) is 17.8 Å². The second kappa shape index (κ2) is 6.65. The van der Waals surface area contributed by atoms with Gasteiger partial charge >= 0.3 is 11.3 Å². The summed E-state index contributed by atoms with van der Waals surface area (Å²) in [5.74, 6) is 0.507. The maximum atomic E-state index is 13.9. The van der Waals surface area contributed by atoms with Gasteiger partial charge in [-0.05, 0) is 29.8 Å². The van der Waals surface area contributed by atoms with Gasteiger partial charge in [-0.2, -0.15) is 4.21 Å². The van der Waals surface area contributed by atoms with Crippen molar-refractivity contribution < 1.29 is 12.8 Å². The molecule has 2 aromatic rings. The van der Waals surface area contributed by atoms with Crippen LogP contribution >= 0.6 is 0 Å². The summed E-state index contributed by atoms with van der Waals surface area (Å²) in [6.07, 6.45) is 0. The summed E-state index contributed by atoms with van der Waals surface area (Å²) in [7, 11) is 1.75. The Morgan fingerprint density at radius 1 is 1.08 bits per heavy atom. The lowest BCUT2D eigenvalue weighted by atomic mass is 10.1. The Hall–Kier alpha value is -2.12. The molecule has 2 aliphatic heterocycles. The van der Waals surface area contributed by atoms with Crippen LogP contribution in [-0.4, -0.2) is 42.3 Å². The normalized spacial score (nSPS) is 20.5. The first kappa shape index (κ1) is 16.4. The molecule has 0 radical (unpaired) electrons. The van der Waals surface area contributed by atoms with E-state index in [1.54, 1.807) is 17.4 Å². The van der Waals surface area contributed by atoms with Gasteiger partial charge in [0.15, 0.2) is 5.75 Å². The number of anilines is 2. The summed E-state index contributed by atoms with van der Waals surface area (Å²) >= 11 is -1.43. The summed E-state index contributed by atoms with van der Waals surface area (Å²) in [6, 6.07) is 12.9. The lowest BCUT2D eigenvalue weighted by Gasteiger charge is -2.36. The Balaban J connectivity index is 1.39. The molecule has 5 nitrogen and oxygen atoms in total. The lowest BCUT2D eigenvalue weighted by molar-refractivity contribution is 0.249. The molecule has 2 aromatic carbocycles. The first-order valence-electron chi connectivity index (χ1n) is 8.30. The maximum Gasteiger partial charge on any atom is 0.318 e. The van der Waals surface area contributed by atoms with Gasteiger partial charge in [0, 0.05) is 39.8 Å². The first-order valence-corrected chi connectivity index (χ1v) is 9.34. The summed E-state index contributed by atoms with van der Waals surface area (Å²) in [5, 5.41) is 0. The number of piperazine rings is 1.